The van der Waals surface area contributed by atoms with Crippen molar-refractivity contribution in [1.82, 2.24) is 10.2 Å². The largest absolute Gasteiger partial charge is 0.472 e. The molecule has 0 spiro atoms. The Hall–Kier alpha value is -2.11. The van der Waals surface area contributed by atoms with E-state index in [1.165, 1.54) is 12.5 Å². The van der Waals surface area contributed by atoms with E-state index in [-0.39, 0.29) is 11.9 Å². The van der Waals surface area contributed by atoms with Crippen molar-refractivity contribution in [1.29, 1.82) is 0 Å². The van der Waals surface area contributed by atoms with Gasteiger partial charge in [0.25, 0.3) is 5.91 Å². The molecule has 134 valence electrons. The van der Waals surface area contributed by atoms with Crippen molar-refractivity contribution in [3.8, 4) is 0 Å². The van der Waals surface area contributed by atoms with E-state index in [1.807, 2.05) is 42.2 Å². The van der Waals surface area contributed by atoms with Gasteiger partial charge in [-0.25, -0.2) is 0 Å². The Bertz CT molecular complexity index is 649. The van der Waals surface area contributed by atoms with Gasteiger partial charge in [0.2, 0.25) is 0 Å². The number of aliphatic hydroxyl groups excluding tert-OH is 1. The Morgan fingerprint density at radius 2 is 2.00 bits per heavy atom. The Morgan fingerprint density at radius 1 is 1.28 bits per heavy atom. The molecule has 0 bridgehead atoms. The van der Waals surface area contributed by atoms with Crippen molar-refractivity contribution in [2.75, 3.05) is 13.1 Å². The van der Waals surface area contributed by atoms with Crippen molar-refractivity contribution < 1.29 is 14.3 Å². The summed E-state index contributed by atoms with van der Waals surface area (Å²) in [6, 6.07) is 12.1. The summed E-state index contributed by atoms with van der Waals surface area (Å²) >= 11 is 0. The summed E-state index contributed by atoms with van der Waals surface area (Å²) in [5, 5.41) is 14.0. The molecule has 5 nitrogen and oxygen atoms in total. The molecule has 1 aromatic heterocycles. The van der Waals surface area contributed by atoms with Gasteiger partial charge >= 0.3 is 0 Å². The lowest BCUT2D eigenvalue weighted by Gasteiger charge is -2.34. The fourth-order valence-electron chi connectivity index (χ4n) is 3.33. The van der Waals surface area contributed by atoms with Crippen molar-refractivity contribution in [3.05, 3.63) is 60.1 Å². The van der Waals surface area contributed by atoms with Crippen molar-refractivity contribution in [2.45, 2.75) is 44.4 Å². The maximum absolute atomic E-state index is 12.3. The summed E-state index contributed by atoms with van der Waals surface area (Å²) in [5.74, 6) is 0.0318. The monoisotopic (exact) mass is 342 g/mol. The minimum absolute atomic E-state index is 0.0151. The van der Waals surface area contributed by atoms with E-state index in [4.69, 9.17) is 4.42 Å². The number of benzene rings is 1. The predicted molar refractivity (Wildman–Crippen MR) is 96.4 cm³/mol. The lowest BCUT2D eigenvalue weighted by molar-refractivity contribution is 0.0681. The molecule has 1 aromatic carbocycles. The summed E-state index contributed by atoms with van der Waals surface area (Å²) in [4.78, 5) is 14.2. The van der Waals surface area contributed by atoms with Gasteiger partial charge in [0, 0.05) is 25.2 Å². The van der Waals surface area contributed by atoms with Gasteiger partial charge in [0.05, 0.1) is 17.9 Å². The highest BCUT2D eigenvalue weighted by molar-refractivity contribution is 5.93. The summed E-state index contributed by atoms with van der Waals surface area (Å²) in [6.07, 6.45) is 5.03. The van der Waals surface area contributed by atoms with Crippen LogP contribution in [-0.4, -0.2) is 47.2 Å². The highest BCUT2D eigenvalue weighted by Crippen LogP contribution is 2.16. The van der Waals surface area contributed by atoms with Gasteiger partial charge in [-0.3, -0.25) is 4.79 Å². The van der Waals surface area contributed by atoms with Gasteiger partial charge in [-0.05, 0) is 37.8 Å². The second-order valence-electron chi connectivity index (χ2n) is 6.79. The number of carbonyl (C=O) groups is 1. The molecule has 3 rings (SSSR count). The number of hydrogen-bond donors (Lipinski definition) is 2. The first-order valence-corrected chi connectivity index (χ1v) is 8.93. The van der Waals surface area contributed by atoms with Crippen LogP contribution in [-0.2, 0) is 6.42 Å². The van der Waals surface area contributed by atoms with Gasteiger partial charge in [0.1, 0.15) is 6.26 Å². The molecule has 0 aliphatic carbocycles. The normalized spacial score (nSPS) is 18.1. The molecule has 5 heteroatoms. The maximum atomic E-state index is 12.3. The predicted octanol–water partition coefficient (Wildman–Crippen LogP) is 2.47. The van der Waals surface area contributed by atoms with Crippen LogP contribution in [0, 0.1) is 0 Å². The number of carbonyl (C=O) groups excluding carboxylic acids is 1. The second-order valence-corrected chi connectivity index (χ2v) is 6.79. The molecule has 2 aromatic rings. The molecule has 0 radical (unpaired) electrons. The van der Waals surface area contributed by atoms with E-state index in [0.29, 0.717) is 18.0 Å². The molecule has 1 fully saturated rings. The van der Waals surface area contributed by atoms with Crippen LogP contribution in [0.25, 0.3) is 0 Å². The first kappa shape index (κ1) is 17.7. The zero-order valence-corrected chi connectivity index (χ0v) is 14.6. The number of amides is 1. The molecule has 1 aliphatic rings. The number of nitrogens with one attached hydrogen (secondary N) is 1. The minimum Gasteiger partial charge on any atom is -0.472 e. The molecular formula is C20H26N2O3. The van der Waals surface area contributed by atoms with E-state index in [9.17, 15) is 9.90 Å². The molecule has 2 heterocycles. The zero-order chi connectivity index (χ0) is 17.6. The van der Waals surface area contributed by atoms with Crippen molar-refractivity contribution >= 4 is 5.91 Å². The topological polar surface area (TPSA) is 65.7 Å². The average Bonchev–Trinajstić information content (AvgIpc) is 3.17. The summed E-state index contributed by atoms with van der Waals surface area (Å²) < 4.78 is 4.99. The van der Waals surface area contributed by atoms with E-state index >= 15 is 0 Å². The number of piperidine rings is 1. The summed E-state index contributed by atoms with van der Waals surface area (Å²) in [5.41, 5.74) is 1.75. The van der Waals surface area contributed by atoms with E-state index in [2.05, 4.69) is 5.32 Å². The number of furan rings is 1. The second kappa shape index (κ2) is 8.32. The number of aliphatic hydroxyl groups is 1. The molecule has 2 N–H and O–H groups in total. The fraction of sp³-hybridized carbons (Fsp3) is 0.450. The fourth-order valence-corrected chi connectivity index (χ4v) is 3.33. The van der Waals surface area contributed by atoms with Crippen LogP contribution in [0.1, 0.15) is 35.7 Å². The summed E-state index contributed by atoms with van der Waals surface area (Å²) in [7, 11) is 0. The van der Waals surface area contributed by atoms with Crippen LogP contribution in [0.5, 0.6) is 0 Å². The molecule has 1 aliphatic heterocycles. The molecule has 2 atom stereocenters. The van der Waals surface area contributed by atoms with Crippen LogP contribution in [0.4, 0.5) is 0 Å². The lowest BCUT2D eigenvalue weighted by atomic mass is 9.99. The number of nitrogens with zero attached hydrogens (tertiary/aromatic N) is 1. The standard InChI is InChI=1S/C20H26N2O3/c1-15(19(23)13-16-5-3-2-4-6-16)21-18-7-10-22(11-8-18)20(24)17-9-12-25-14-17/h2-6,9,12,14-15,18-19,21,23H,7-8,10-11,13H2,1H3. The van der Waals surface area contributed by atoms with Crippen molar-refractivity contribution in [2.24, 2.45) is 0 Å². The van der Waals surface area contributed by atoms with E-state index in [0.717, 1.165) is 31.5 Å². The van der Waals surface area contributed by atoms with Crippen LogP contribution in [0.3, 0.4) is 0 Å². The van der Waals surface area contributed by atoms with Crippen LogP contribution in [0.2, 0.25) is 0 Å². The number of rotatable bonds is 6. The summed E-state index contributed by atoms with van der Waals surface area (Å²) in [6.45, 7) is 3.48. The van der Waals surface area contributed by atoms with Gasteiger partial charge < -0.3 is 19.7 Å². The molecule has 2 unspecified atom stereocenters. The zero-order valence-electron chi connectivity index (χ0n) is 14.6. The SMILES string of the molecule is CC(NC1CCN(C(=O)c2ccoc2)CC1)C(O)Cc1ccccc1. The third kappa shape index (κ3) is 4.71. The Kier molecular flexibility index (Phi) is 5.89. The lowest BCUT2D eigenvalue weighted by Crippen LogP contribution is -2.50. The van der Waals surface area contributed by atoms with E-state index < -0.39 is 6.10 Å². The Morgan fingerprint density at radius 3 is 2.64 bits per heavy atom. The van der Waals surface area contributed by atoms with E-state index in [1.54, 1.807) is 6.07 Å². The molecule has 1 amide bonds. The van der Waals surface area contributed by atoms with Crippen LogP contribution < -0.4 is 5.32 Å². The Labute approximate surface area is 148 Å². The molecule has 0 saturated carbocycles. The van der Waals surface area contributed by atoms with Gasteiger partial charge in [-0.15, -0.1) is 0 Å². The quantitative estimate of drug-likeness (QED) is 0.846. The minimum atomic E-state index is -0.423. The molecule has 1 saturated heterocycles. The number of hydrogen-bond acceptors (Lipinski definition) is 4. The average molecular weight is 342 g/mol. The molecular weight excluding hydrogens is 316 g/mol. The highest BCUT2D eigenvalue weighted by atomic mass is 16.3. The van der Waals surface area contributed by atoms with Crippen LogP contribution in [0.15, 0.2) is 53.3 Å². The first-order chi connectivity index (χ1) is 12.1. The smallest absolute Gasteiger partial charge is 0.257 e. The molecule has 25 heavy (non-hydrogen) atoms. The van der Waals surface area contributed by atoms with Crippen LogP contribution >= 0.6 is 0 Å². The first-order valence-electron chi connectivity index (χ1n) is 8.93. The van der Waals surface area contributed by atoms with Gasteiger partial charge in [-0.1, -0.05) is 30.3 Å². The highest BCUT2D eigenvalue weighted by Gasteiger charge is 2.26. The van der Waals surface area contributed by atoms with Crippen molar-refractivity contribution in [3.63, 3.8) is 0 Å². The Balaban J connectivity index is 1.44. The number of likely N-dealkylation sites (tertiary alicyclic amines) is 1. The third-order valence-corrected chi connectivity index (χ3v) is 4.91. The maximum Gasteiger partial charge on any atom is 0.257 e. The third-order valence-electron chi connectivity index (χ3n) is 4.91. The van der Waals surface area contributed by atoms with Gasteiger partial charge in [0.15, 0.2) is 0 Å². The van der Waals surface area contributed by atoms with Gasteiger partial charge in [-0.2, -0.15) is 0 Å².